The van der Waals surface area contributed by atoms with Crippen LogP contribution in [0.3, 0.4) is 0 Å². The average molecular weight is 622 g/mol. The van der Waals surface area contributed by atoms with Crippen LogP contribution in [0.2, 0.25) is 0 Å². The van der Waals surface area contributed by atoms with Gasteiger partial charge < -0.3 is 24.3 Å². The maximum absolute atomic E-state index is 13.7. The highest BCUT2D eigenvalue weighted by Crippen LogP contribution is 2.30. The van der Waals surface area contributed by atoms with E-state index in [9.17, 15) is 14.0 Å². The maximum Gasteiger partial charge on any atom is 0.318 e. The van der Waals surface area contributed by atoms with E-state index in [4.69, 9.17) is 15.0 Å². The van der Waals surface area contributed by atoms with Crippen LogP contribution in [0.1, 0.15) is 66.7 Å². The van der Waals surface area contributed by atoms with Gasteiger partial charge in [0.2, 0.25) is 5.91 Å². The zero-order valence-electron chi connectivity index (χ0n) is 27.5. The first-order valence-corrected chi connectivity index (χ1v) is 15.9. The average Bonchev–Trinajstić information content (AvgIpc) is 3.54. The molecule has 3 aliphatic rings. The van der Waals surface area contributed by atoms with E-state index in [-0.39, 0.29) is 17.9 Å². The minimum absolute atomic E-state index is 0.0126. The SMILES string of the molecule is C=CC(=O)N1CCN(c2nc(OCC)nc(C)c2CC[C@@H]2Cc3ccc(F)cc3C(=O)N2C)CC1.CCC#N.CN1CCCC1. The Kier molecular flexibility index (Phi) is 13.7. The highest BCUT2D eigenvalue weighted by molar-refractivity contribution is 5.96. The summed E-state index contributed by atoms with van der Waals surface area (Å²) >= 11 is 0. The van der Waals surface area contributed by atoms with Crippen molar-refractivity contribution in [2.24, 2.45) is 0 Å². The fourth-order valence-corrected chi connectivity index (χ4v) is 5.73. The number of anilines is 1. The number of hydrogen-bond donors (Lipinski definition) is 0. The molecule has 5 rings (SSSR count). The van der Waals surface area contributed by atoms with Gasteiger partial charge in [-0.3, -0.25) is 9.59 Å². The van der Waals surface area contributed by atoms with E-state index in [1.807, 2.05) is 26.8 Å². The molecule has 11 heteroatoms. The van der Waals surface area contributed by atoms with E-state index in [1.165, 1.54) is 44.1 Å². The van der Waals surface area contributed by atoms with Gasteiger partial charge in [-0.1, -0.05) is 19.6 Å². The van der Waals surface area contributed by atoms with Gasteiger partial charge in [-0.2, -0.15) is 10.2 Å². The molecule has 2 amide bonds. The van der Waals surface area contributed by atoms with Gasteiger partial charge in [0, 0.05) is 62.5 Å². The largest absolute Gasteiger partial charge is 0.464 e. The first-order chi connectivity index (χ1) is 21.6. The van der Waals surface area contributed by atoms with Crippen molar-refractivity contribution in [1.82, 2.24) is 24.7 Å². The van der Waals surface area contributed by atoms with Crippen LogP contribution >= 0.6 is 0 Å². The van der Waals surface area contributed by atoms with Gasteiger partial charge in [0.15, 0.2) is 0 Å². The van der Waals surface area contributed by atoms with Crippen molar-refractivity contribution in [3.8, 4) is 12.1 Å². The molecular weight excluding hydrogens is 573 g/mol. The summed E-state index contributed by atoms with van der Waals surface area (Å²) < 4.78 is 19.3. The predicted octanol–water partition coefficient (Wildman–Crippen LogP) is 4.42. The molecule has 4 heterocycles. The molecule has 0 radical (unpaired) electrons. The number of benzene rings is 1. The predicted molar refractivity (Wildman–Crippen MR) is 174 cm³/mol. The molecule has 1 atom stereocenters. The number of fused-ring (bicyclic) bond motifs is 1. The lowest BCUT2D eigenvalue weighted by Crippen LogP contribution is -2.49. The zero-order valence-corrected chi connectivity index (χ0v) is 27.5. The molecule has 244 valence electrons. The molecule has 45 heavy (non-hydrogen) atoms. The van der Waals surface area contributed by atoms with Crippen LogP contribution in [-0.2, 0) is 17.6 Å². The molecule has 2 aromatic rings. The summed E-state index contributed by atoms with van der Waals surface area (Å²) in [7, 11) is 3.95. The van der Waals surface area contributed by atoms with Crippen LogP contribution in [0.5, 0.6) is 6.01 Å². The van der Waals surface area contributed by atoms with Crippen molar-refractivity contribution in [3.63, 3.8) is 0 Å². The number of aromatic nitrogens is 2. The van der Waals surface area contributed by atoms with Gasteiger partial charge in [0.05, 0.1) is 12.7 Å². The number of carbonyl (C=O) groups excluding carboxylic acids is 2. The first-order valence-electron chi connectivity index (χ1n) is 15.9. The number of halogens is 1. The summed E-state index contributed by atoms with van der Waals surface area (Å²) in [6, 6.07) is 6.70. The molecule has 1 aromatic carbocycles. The number of aryl methyl sites for hydroxylation is 1. The van der Waals surface area contributed by atoms with Gasteiger partial charge in [-0.25, -0.2) is 9.37 Å². The minimum atomic E-state index is -0.398. The van der Waals surface area contributed by atoms with E-state index in [1.54, 1.807) is 22.9 Å². The Morgan fingerprint density at radius 1 is 1.13 bits per heavy atom. The van der Waals surface area contributed by atoms with E-state index in [0.29, 0.717) is 63.6 Å². The Labute approximate surface area is 267 Å². The molecule has 2 fully saturated rings. The summed E-state index contributed by atoms with van der Waals surface area (Å²) in [4.78, 5) is 42.2. The number of ether oxygens (including phenoxy) is 1. The topological polar surface area (TPSA) is 106 Å². The van der Waals surface area contributed by atoms with Gasteiger partial charge in [0.25, 0.3) is 5.91 Å². The Morgan fingerprint density at radius 2 is 1.80 bits per heavy atom. The summed E-state index contributed by atoms with van der Waals surface area (Å²) in [6.45, 7) is 14.8. The number of piperazine rings is 1. The summed E-state index contributed by atoms with van der Waals surface area (Å²) in [5, 5.41) is 7.62. The molecule has 0 unspecified atom stereocenters. The minimum Gasteiger partial charge on any atom is -0.464 e. The Bertz CT molecular complexity index is 1350. The normalized spacial score (nSPS) is 17.8. The number of likely N-dealkylation sites (tertiary alicyclic amines) is 1. The number of hydrogen-bond acceptors (Lipinski definition) is 8. The lowest BCUT2D eigenvalue weighted by molar-refractivity contribution is -0.126. The van der Waals surface area contributed by atoms with Crippen molar-refractivity contribution in [2.45, 2.75) is 65.3 Å². The summed E-state index contributed by atoms with van der Waals surface area (Å²) in [5.41, 5.74) is 3.18. The molecule has 2 saturated heterocycles. The molecule has 0 bridgehead atoms. The molecule has 0 spiro atoms. The number of nitriles is 1. The van der Waals surface area contributed by atoms with E-state index in [0.717, 1.165) is 29.1 Å². The van der Waals surface area contributed by atoms with Crippen molar-refractivity contribution < 1.29 is 18.7 Å². The second kappa shape index (κ2) is 17.4. The maximum atomic E-state index is 13.7. The van der Waals surface area contributed by atoms with Crippen LogP contribution in [0.4, 0.5) is 10.2 Å². The van der Waals surface area contributed by atoms with Crippen molar-refractivity contribution in [1.29, 1.82) is 5.26 Å². The molecule has 0 saturated carbocycles. The zero-order chi connectivity index (χ0) is 32.9. The Balaban J connectivity index is 0.000000473. The lowest BCUT2D eigenvalue weighted by atomic mass is 9.90. The fourth-order valence-electron chi connectivity index (χ4n) is 5.73. The Morgan fingerprint density at radius 3 is 2.36 bits per heavy atom. The smallest absolute Gasteiger partial charge is 0.318 e. The number of amides is 2. The van der Waals surface area contributed by atoms with Crippen molar-refractivity contribution in [3.05, 3.63) is 59.1 Å². The van der Waals surface area contributed by atoms with Crippen LogP contribution in [0.25, 0.3) is 0 Å². The van der Waals surface area contributed by atoms with Gasteiger partial charge >= 0.3 is 6.01 Å². The molecule has 0 aliphatic carbocycles. The summed E-state index contributed by atoms with van der Waals surface area (Å²) in [6.07, 6.45) is 6.87. The number of likely N-dealkylation sites (N-methyl/N-ethyl adjacent to an activating group) is 1. The Hall–Kier alpha value is -4.04. The molecule has 1 aromatic heterocycles. The second-order valence-corrected chi connectivity index (χ2v) is 11.5. The first kappa shape index (κ1) is 35.4. The standard InChI is InChI=1S/C26H32FN5O3.C5H11N.C3H5N/c1-5-23(33)31-11-13-32(14-12-31)24-21(17(3)28-26(29-24)35-6-2)10-9-20-15-18-7-8-19(27)16-22(18)25(34)30(20)4;1-6-4-2-3-5-6;1-2-3-4/h5,7-8,16,20H,1,6,9-15H2,2-4H3;2-5H2,1H3;2H2,1H3/t20-;;/m1../s1. The summed E-state index contributed by atoms with van der Waals surface area (Å²) in [5.74, 6) is 0.201. The van der Waals surface area contributed by atoms with E-state index < -0.39 is 5.82 Å². The fraction of sp³-hybridized carbons (Fsp3) is 0.559. The van der Waals surface area contributed by atoms with Crippen LogP contribution in [0, 0.1) is 24.1 Å². The van der Waals surface area contributed by atoms with E-state index >= 15 is 0 Å². The lowest BCUT2D eigenvalue weighted by Gasteiger charge is -2.37. The quantitative estimate of drug-likeness (QED) is 0.419. The third kappa shape index (κ3) is 9.72. The van der Waals surface area contributed by atoms with Gasteiger partial charge in [0.1, 0.15) is 11.6 Å². The highest BCUT2D eigenvalue weighted by atomic mass is 19.1. The highest BCUT2D eigenvalue weighted by Gasteiger charge is 2.31. The number of rotatable bonds is 7. The van der Waals surface area contributed by atoms with Crippen molar-refractivity contribution in [2.75, 3.05) is 64.9 Å². The van der Waals surface area contributed by atoms with Crippen LogP contribution in [-0.4, -0.2) is 102 Å². The third-order valence-corrected chi connectivity index (χ3v) is 8.35. The molecular formula is C34H48FN7O3. The van der Waals surface area contributed by atoms with E-state index in [2.05, 4.69) is 28.4 Å². The van der Waals surface area contributed by atoms with Crippen LogP contribution < -0.4 is 9.64 Å². The van der Waals surface area contributed by atoms with Crippen molar-refractivity contribution >= 4 is 17.6 Å². The number of nitrogens with zero attached hydrogens (tertiary/aromatic N) is 7. The third-order valence-electron chi connectivity index (χ3n) is 8.35. The van der Waals surface area contributed by atoms with Gasteiger partial charge in [-0.05, 0) is 89.9 Å². The molecule has 0 N–H and O–H groups in total. The number of carbonyl (C=O) groups is 2. The van der Waals surface area contributed by atoms with Crippen LogP contribution in [0.15, 0.2) is 30.9 Å². The second-order valence-electron chi connectivity index (χ2n) is 11.5. The monoisotopic (exact) mass is 621 g/mol. The molecule has 3 aliphatic heterocycles. The van der Waals surface area contributed by atoms with Gasteiger partial charge in [-0.15, -0.1) is 0 Å². The molecule has 10 nitrogen and oxygen atoms in total.